The molecule has 0 aliphatic carbocycles. The highest BCUT2D eigenvalue weighted by Crippen LogP contribution is 2.33. The molecule has 108 valence electrons. The van der Waals surface area contributed by atoms with Crippen LogP contribution in [-0.2, 0) is 10.0 Å². The van der Waals surface area contributed by atoms with Gasteiger partial charge in [0.05, 0.1) is 11.4 Å². The van der Waals surface area contributed by atoms with Crippen LogP contribution < -0.4 is 9.62 Å². The Morgan fingerprint density at radius 1 is 1.30 bits per heavy atom. The molecule has 1 aromatic carbocycles. The molecule has 0 amide bonds. The van der Waals surface area contributed by atoms with E-state index in [1.165, 1.54) is 0 Å². The monoisotopic (exact) mass is 394 g/mol. The number of hydrogen-bond donors (Lipinski definition) is 1. The van der Waals surface area contributed by atoms with E-state index in [-0.39, 0.29) is 4.21 Å². The molecular weight excluding hydrogens is 384 g/mol. The van der Waals surface area contributed by atoms with Crippen LogP contribution in [0.4, 0.5) is 11.4 Å². The predicted octanol–water partition coefficient (Wildman–Crippen LogP) is 4.03. The zero-order valence-electron chi connectivity index (χ0n) is 10.7. The lowest BCUT2D eigenvalue weighted by Gasteiger charge is -2.18. The molecule has 8 heteroatoms. The minimum absolute atomic E-state index is 0.238. The molecule has 0 spiro atoms. The van der Waals surface area contributed by atoms with Crippen molar-refractivity contribution < 1.29 is 8.42 Å². The first-order valence-corrected chi connectivity index (χ1v) is 9.07. The highest BCUT2D eigenvalue weighted by Gasteiger charge is 2.21. The Labute approximate surface area is 135 Å². The highest BCUT2D eigenvalue weighted by atomic mass is 79.9. The first-order valence-electron chi connectivity index (χ1n) is 5.54. The summed E-state index contributed by atoms with van der Waals surface area (Å²) in [5.74, 6) is 0. The van der Waals surface area contributed by atoms with Crippen molar-refractivity contribution >= 4 is 60.3 Å². The molecule has 20 heavy (non-hydrogen) atoms. The Morgan fingerprint density at radius 2 is 2.00 bits per heavy atom. The number of anilines is 2. The van der Waals surface area contributed by atoms with Crippen LogP contribution in [0.25, 0.3) is 0 Å². The van der Waals surface area contributed by atoms with Crippen LogP contribution in [0.2, 0.25) is 5.02 Å². The van der Waals surface area contributed by atoms with Gasteiger partial charge in [0.1, 0.15) is 0 Å². The van der Waals surface area contributed by atoms with Crippen molar-refractivity contribution in [3.05, 3.63) is 39.1 Å². The summed E-state index contributed by atoms with van der Waals surface area (Å²) in [6.45, 7) is 0. The third-order valence-electron chi connectivity index (χ3n) is 2.51. The van der Waals surface area contributed by atoms with E-state index in [2.05, 4.69) is 20.7 Å². The zero-order valence-corrected chi connectivity index (χ0v) is 14.7. The van der Waals surface area contributed by atoms with E-state index in [1.54, 1.807) is 29.6 Å². The topological polar surface area (TPSA) is 49.4 Å². The molecule has 2 rings (SSSR count). The Morgan fingerprint density at radius 3 is 2.55 bits per heavy atom. The number of hydrogen-bond acceptors (Lipinski definition) is 4. The first kappa shape index (κ1) is 15.6. The number of nitrogens with zero attached hydrogens (tertiary/aromatic N) is 1. The fourth-order valence-electron chi connectivity index (χ4n) is 1.64. The van der Waals surface area contributed by atoms with Gasteiger partial charge in [-0.2, -0.15) is 0 Å². The molecule has 4 nitrogen and oxygen atoms in total. The Bertz CT molecular complexity index is 729. The second-order valence-electron chi connectivity index (χ2n) is 4.22. The van der Waals surface area contributed by atoms with Crippen molar-refractivity contribution in [3.8, 4) is 0 Å². The summed E-state index contributed by atoms with van der Waals surface area (Å²) in [6.07, 6.45) is 0. The number of halogens is 2. The maximum absolute atomic E-state index is 12.4. The average Bonchev–Trinajstić information content (AvgIpc) is 2.75. The van der Waals surface area contributed by atoms with E-state index in [1.807, 2.05) is 19.0 Å². The normalized spacial score (nSPS) is 11.4. The van der Waals surface area contributed by atoms with Crippen LogP contribution in [0.3, 0.4) is 0 Å². The van der Waals surface area contributed by atoms with Gasteiger partial charge in [0.15, 0.2) is 4.21 Å². The van der Waals surface area contributed by atoms with E-state index < -0.39 is 10.0 Å². The standard InChI is InChI=1S/C12H12BrClN2O2S2/c1-16(2)11-4-3-8(14)7-10(11)15-20(17,18)12-9(13)5-6-19-12/h3-7,15H,1-2H3. The Hall–Kier alpha value is -0.760. The van der Waals surface area contributed by atoms with Gasteiger partial charge >= 0.3 is 0 Å². The van der Waals surface area contributed by atoms with Crippen molar-refractivity contribution in [2.24, 2.45) is 0 Å². The van der Waals surface area contributed by atoms with Crippen molar-refractivity contribution in [1.29, 1.82) is 0 Å². The van der Waals surface area contributed by atoms with E-state index >= 15 is 0 Å². The Kier molecular flexibility index (Phi) is 4.63. The summed E-state index contributed by atoms with van der Waals surface area (Å²) in [7, 11) is 0.0337. The molecule has 1 heterocycles. The molecule has 0 fully saturated rings. The predicted molar refractivity (Wildman–Crippen MR) is 88.6 cm³/mol. The second-order valence-corrected chi connectivity index (χ2v) is 8.30. The van der Waals surface area contributed by atoms with Crippen molar-refractivity contribution in [3.63, 3.8) is 0 Å². The van der Waals surface area contributed by atoms with Gasteiger partial charge in [-0.25, -0.2) is 8.42 Å². The molecule has 0 radical (unpaired) electrons. The van der Waals surface area contributed by atoms with E-state index in [0.717, 1.165) is 17.0 Å². The molecule has 0 aliphatic heterocycles. The molecule has 1 aromatic heterocycles. The van der Waals surface area contributed by atoms with Gasteiger partial charge in [0.25, 0.3) is 10.0 Å². The van der Waals surface area contributed by atoms with Crippen LogP contribution in [0.1, 0.15) is 0 Å². The fourth-order valence-corrected chi connectivity index (χ4v) is 5.22. The summed E-state index contributed by atoms with van der Waals surface area (Å²) in [6, 6.07) is 6.78. The maximum Gasteiger partial charge on any atom is 0.272 e. The molecular formula is C12H12BrClN2O2S2. The number of benzene rings is 1. The summed E-state index contributed by atoms with van der Waals surface area (Å²) < 4.78 is 28.1. The molecule has 0 atom stereocenters. The van der Waals surface area contributed by atoms with Crippen molar-refractivity contribution in [2.45, 2.75) is 4.21 Å². The third-order valence-corrected chi connectivity index (χ3v) is 6.78. The lowest BCUT2D eigenvalue weighted by atomic mass is 10.2. The molecule has 0 bridgehead atoms. The summed E-state index contributed by atoms with van der Waals surface area (Å²) in [5, 5.41) is 2.18. The lowest BCUT2D eigenvalue weighted by molar-refractivity contribution is 0.603. The zero-order chi connectivity index (χ0) is 14.9. The SMILES string of the molecule is CN(C)c1ccc(Cl)cc1NS(=O)(=O)c1sccc1Br. The minimum atomic E-state index is -3.64. The van der Waals surface area contributed by atoms with Crippen LogP contribution in [-0.4, -0.2) is 22.5 Å². The summed E-state index contributed by atoms with van der Waals surface area (Å²) in [4.78, 5) is 1.82. The second kappa shape index (κ2) is 5.93. The number of sulfonamides is 1. The van der Waals surface area contributed by atoms with Crippen molar-refractivity contribution in [2.75, 3.05) is 23.7 Å². The van der Waals surface area contributed by atoms with Gasteiger partial charge in [-0.15, -0.1) is 11.3 Å². The quantitative estimate of drug-likeness (QED) is 0.850. The van der Waals surface area contributed by atoms with Crippen LogP contribution in [0.5, 0.6) is 0 Å². The van der Waals surface area contributed by atoms with Crippen LogP contribution in [0, 0.1) is 0 Å². The maximum atomic E-state index is 12.4. The van der Waals surface area contributed by atoms with Gasteiger partial charge < -0.3 is 4.90 Å². The smallest absolute Gasteiger partial charge is 0.272 e. The third kappa shape index (κ3) is 3.28. The van der Waals surface area contributed by atoms with Crippen LogP contribution in [0.15, 0.2) is 38.3 Å². The van der Waals surface area contributed by atoms with E-state index in [9.17, 15) is 8.42 Å². The van der Waals surface area contributed by atoms with Crippen LogP contribution >= 0.6 is 38.9 Å². The van der Waals surface area contributed by atoms with Gasteiger partial charge in [-0.05, 0) is 45.6 Å². The number of rotatable bonds is 4. The fraction of sp³-hybridized carbons (Fsp3) is 0.167. The minimum Gasteiger partial charge on any atom is -0.376 e. The number of thiophene rings is 1. The van der Waals surface area contributed by atoms with Gasteiger partial charge in [0.2, 0.25) is 0 Å². The molecule has 0 aliphatic rings. The van der Waals surface area contributed by atoms with Crippen molar-refractivity contribution in [1.82, 2.24) is 0 Å². The lowest BCUT2D eigenvalue weighted by Crippen LogP contribution is -2.16. The molecule has 0 unspecified atom stereocenters. The first-order chi connectivity index (χ1) is 9.31. The van der Waals surface area contributed by atoms with Gasteiger partial charge in [-0.1, -0.05) is 11.6 Å². The number of nitrogens with one attached hydrogen (secondary N) is 1. The largest absolute Gasteiger partial charge is 0.376 e. The van der Waals surface area contributed by atoms with E-state index in [4.69, 9.17) is 11.6 Å². The Balaban J connectivity index is 2.44. The molecule has 0 saturated carbocycles. The van der Waals surface area contributed by atoms with E-state index in [0.29, 0.717) is 15.2 Å². The summed E-state index contributed by atoms with van der Waals surface area (Å²) >= 11 is 10.3. The molecule has 0 saturated heterocycles. The highest BCUT2D eigenvalue weighted by molar-refractivity contribution is 9.10. The molecule has 1 N–H and O–H groups in total. The van der Waals surface area contributed by atoms with Gasteiger partial charge in [-0.3, -0.25) is 4.72 Å². The average molecular weight is 396 g/mol. The molecule has 2 aromatic rings. The van der Waals surface area contributed by atoms with Gasteiger partial charge in [0, 0.05) is 23.6 Å². The summed E-state index contributed by atoms with van der Waals surface area (Å²) in [5.41, 5.74) is 1.19.